The molecule has 0 spiro atoms. The summed E-state index contributed by atoms with van der Waals surface area (Å²) in [5.41, 5.74) is 2.83. The smallest absolute Gasteiger partial charge is 0.0513 e. The number of ether oxygens (including phenoxy) is 1. The van der Waals surface area contributed by atoms with E-state index < -0.39 is 0 Å². The molecule has 17 heavy (non-hydrogen) atoms. The Balaban J connectivity index is 2.07. The van der Waals surface area contributed by atoms with Crippen LogP contribution in [0.25, 0.3) is 0 Å². The molecule has 1 aliphatic rings. The molecule has 0 aliphatic carbocycles. The van der Waals surface area contributed by atoms with Gasteiger partial charge in [0.05, 0.1) is 6.61 Å². The van der Waals surface area contributed by atoms with Crippen LogP contribution in [0.4, 0.5) is 0 Å². The van der Waals surface area contributed by atoms with Crippen LogP contribution in [0.5, 0.6) is 0 Å². The van der Waals surface area contributed by atoms with Gasteiger partial charge < -0.3 is 10.1 Å². The quantitative estimate of drug-likeness (QED) is 0.844. The third-order valence-corrected chi connectivity index (χ3v) is 3.62. The van der Waals surface area contributed by atoms with Crippen molar-refractivity contribution in [2.75, 3.05) is 20.3 Å². The average molecular weight is 233 g/mol. The third-order valence-electron chi connectivity index (χ3n) is 3.62. The highest BCUT2D eigenvalue weighted by Gasteiger charge is 2.25. The van der Waals surface area contributed by atoms with Gasteiger partial charge in [0.2, 0.25) is 0 Å². The minimum absolute atomic E-state index is 0.438. The lowest BCUT2D eigenvalue weighted by Crippen LogP contribution is -2.25. The minimum Gasteiger partial charge on any atom is -0.381 e. The van der Waals surface area contributed by atoms with Crippen molar-refractivity contribution in [1.82, 2.24) is 5.32 Å². The van der Waals surface area contributed by atoms with Crippen molar-refractivity contribution in [2.24, 2.45) is 5.92 Å². The van der Waals surface area contributed by atoms with E-state index in [1.165, 1.54) is 30.4 Å². The molecule has 1 saturated heterocycles. The number of nitrogens with one attached hydrogen (secondary N) is 1. The second-order valence-electron chi connectivity index (χ2n) is 4.88. The summed E-state index contributed by atoms with van der Waals surface area (Å²) in [7, 11) is 2.04. The Morgan fingerprint density at radius 1 is 1.35 bits per heavy atom. The van der Waals surface area contributed by atoms with Gasteiger partial charge in [-0.1, -0.05) is 37.6 Å². The Morgan fingerprint density at radius 2 is 2.12 bits per heavy atom. The molecule has 1 fully saturated rings. The molecule has 0 radical (unpaired) electrons. The Labute approximate surface area is 104 Å². The van der Waals surface area contributed by atoms with Gasteiger partial charge in [0.15, 0.2) is 0 Å². The molecule has 2 unspecified atom stereocenters. The molecule has 1 aliphatic heterocycles. The number of benzene rings is 1. The van der Waals surface area contributed by atoms with Crippen LogP contribution in [0.2, 0.25) is 0 Å². The normalized spacial score (nSPS) is 21.6. The molecular formula is C15H23NO. The number of rotatable bonds is 5. The third kappa shape index (κ3) is 3.08. The maximum absolute atomic E-state index is 5.48. The van der Waals surface area contributed by atoms with Crippen LogP contribution in [0.15, 0.2) is 24.3 Å². The van der Waals surface area contributed by atoms with Crippen LogP contribution in [-0.4, -0.2) is 20.3 Å². The highest BCUT2D eigenvalue weighted by molar-refractivity contribution is 5.25. The van der Waals surface area contributed by atoms with E-state index in [1.807, 2.05) is 7.05 Å². The fraction of sp³-hybridized carbons (Fsp3) is 0.600. The zero-order valence-corrected chi connectivity index (χ0v) is 10.9. The van der Waals surface area contributed by atoms with E-state index >= 15 is 0 Å². The SMILES string of the molecule is CCCc1ccc(C(NC)C2CCOC2)cc1. The molecule has 2 rings (SSSR count). The van der Waals surface area contributed by atoms with Crippen molar-refractivity contribution in [1.29, 1.82) is 0 Å². The van der Waals surface area contributed by atoms with Gasteiger partial charge in [-0.15, -0.1) is 0 Å². The van der Waals surface area contributed by atoms with Crippen molar-refractivity contribution in [3.63, 3.8) is 0 Å². The van der Waals surface area contributed by atoms with Crippen LogP contribution < -0.4 is 5.32 Å². The van der Waals surface area contributed by atoms with Gasteiger partial charge in [-0.25, -0.2) is 0 Å². The van der Waals surface area contributed by atoms with E-state index in [0.29, 0.717) is 12.0 Å². The first-order valence-corrected chi connectivity index (χ1v) is 6.69. The largest absolute Gasteiger partial charge is 0.381 e. The van der Waals surface area contributed by atoms with Gasteiger partial charge in [-0.2, -0.15) is 0 Å². The summed E-state index contributed by atoms with van der Waals surface area (Å²) in [5, 5.41) is 3.43. The highest BCUT2D eigenvalue weighted by atomic mass is 16.5. The van der Waals surface area contributed by atoms with Gasteiger partial charge in [0.1, 0.15) is 0 Å². The summed E-state index contributed by atoms with van der Waals surface area (Å²) < 4.78 is 5.48. The molecule has 1 aromatic carbocycles. The molecule has 0 aromatic heterocycles. The zero-order chi connectivity index (χ0) is 12.1. The molecule has 1 heterocycles. The molecule has 0 amide bonds. The summed E-state index contributed by atoms with van der Waals surface area (Å²) in [6, 6.07) is 9.50. The Morgan fingerprint density at radius 3 is 2.65 bits per heavy atom. The van der Waals surface area contributed by atoms with Crippen LogP contribution in [-0.2, 0) is 11.2 Å². The fourth-order valence-corrected chi connectivity index (χ4v) is 2.67. The molecular weight excluding hydrogens is 210 g/mol. The number of aryl methyl sites for hydroxylation is 1. The molecule has 2 nitrogen and oxygen atoms in total. The summed E-state index contributed by atoms with van der Waals surface area (Å²) in [4.78, 5) is 0. The molecule has 1 N–H and O–H groups in total. The number of hydrogen-bond donors (Lipinski definition) is 1. The summed E-state index contributed by atoms with van der Waals surface area (Å²) in [5.74, 6) is 0.622. The zero-order valence-electron chi connectivity index (χ0n) is 10.9. The highest BCUT2D eigenvalue weighted by Crippen LogP contribution is 2.28. The van der Waals surface area contributed by atoms with Gasteiger partial charge >= 0.3 is 0 Å². The van der Waals surface area contributed by atoms with Crippen LogP contribution in [0.3, 0.4) is 0 Å². The van der Waals surface area contributed by atoms with Gasteiger partial charge in [-0.05, 0) is 31.0 Å². The monoisotopic (exact) mass is 233 g/mol. The van der Waals surface area contributed by atoms with Crippen molar-refractivity contribution < 1.29 is 4.74 Å². The van der Waals surface area contributed by atoms with E-state index in [4.69, 9.17) is 4.74 Å². The van der Waals surface area contributed by atoms with Crippen molar-refractivity contribution >= 4 is 0 Å². The molecule has 0 saturated carbocycles. The lowest BCUT2D eigenvalue weighted by atomic mass is 9.91. The van der Waals surface area contributed by atoms with E-state index in [9.17, 15) is 0 Å². The minimum atomic E-state index is 0.438. The number of hydrogen-bond acceptors (Lipinski definition) is 2. The first-order valence-electron chi connectivity index (χ1n) is 6.69. The van der Waals surface area contributed by atoms with Crippen LogP contribution in [0.1, 0.15) is 36.9 Å². The van der Waals surface area contributed by atoms with Gasteiger partial charge in [0.25, 0.3) is 0 Å². The van der Waals surface area contributed by atoms with Gasteiger partial charge in [0, 0.05) is 18.6 Å². The van der Waals surface area contributed by atoms with Crippen molar-refractivity contribution in [3.05, 3.63) is 35.4 Å². The van der Waals surface area contributed by atoms with E-state index in [1.54, 1.807) is 0 Å². The topological polar surface area (TPSA) is 21.3 Å². The lowest BCUT2D eigenvalue weighted by Gasteiger charge is -2.22. The fourth-order valence-electron chi connectivity index (χ4n) is 2.67. The van der Waals surface area contributed by atoms with Crippen molar-refractivity contribution in [2.45, 2.75) is 32.2 Å². The van der Waals surface area contributed by atoms with E-state index in [2.05, 4.69) is 36.5 Å². The maximum atomic E-state index is 5.48. The summed E-state index contributed by atoms with van der Waals surface area (Å²) in [6.45, 7) is 4.03. The van der Waals surface area contributed by atoms with Crippen molar-refractivity contribution in [3.8, 4) is 0 Å². The van der Waals surface area contributed by atoms with Gasteiger partial charge in [-0.3, -0.25) is 0 Å². The first-order chi connectivity index (χ1) is 8.35. The molecule has 2 heteroatoms. The van der Waals surface area contributed by atoms with E-state index in [-0.39, 0.29) is 0 Å². The second-order valence-corrected chi connectivity index (χ2v) is 4.88. The molecule has 2 atom stereocenters. The molecule has 94 valence electrons. The average Bonchev–Trinajstić information content (AvgIpc) is 2.86. The predicted molar refractivity (Wildman–Crippen MR) is 71.2 cm³/mol. The summed E-state index contributed by atoms with van der Waals surface area (Å²) in [6.07, 6.45) is 3.56. The predicted octanol–water partition coefficient (Wildman–Crippen LogP) is 2.94. The summed E-state index contributed by atoms with van der Waals surface area (Å²) >= 11 is 0. The second kappa shape index (κ2) is 6.18. The van der Waals surface area contributed by atoms with E-state index in [0.717, 1.165) is 13.2 Å². The maximum Gasteiger partial charge on any atom is 0.0513 e. The first kappa shape index (κ1) is 12.6. The lowest BCUT2D eigenvalue weighted by molar-refractivity contribution is 0.178. The molecule has 1 aromatic rings. The molecule has 0 bridgehead atoms. The Hall–Kier alpha value is -0.860. The standard InChI is InChI=1S/C15H23NO/c1-3-4-12-5-7-13(8-6-12)15(16-2)14-9-10-17-11-14/h5-8,14-16H,3-4,9-11H2,1-2H3. The Kier molecular flexibility index (Phi) is 4.57. The Bertz CT molecular complexity index is 327. The van der Waals surface area contributed by atoms with Crippen LogP contribution in [0, 0.1) is 5.92 Å². The van der Waals surface area contributed by atoms with Crippen LogP contribution >= 0.6 is 0 Å².